The quantitative estimate of drug-likeness (QED) is 0.489. The molecule has 2 N–H and O–H groups in total. The molecule has 1 saturated heterocycles. The summed E-state index contributed by atoms with van der Waals surface area (Å²) in [5.74, 6) is -0.573. The summed E-state index contributed by atoms with van der Waals surface area (Å²) in [4.78, 5) is 32.5. The fourth-order valence-corrected chi connectivity index (χ4v) is 1.86. The van der Waals surface area contributed by atoms with Gasteiger partial charge in [-0.15, -0.1) is 12.4 Å². The molecule has 1 aliphatic rings. The van der Waals surface area contributed by atoms with Crippen LogP contribution in [0.2, 0.25) is 0 Å². The number of halogens is 1. The van der Waals surface area contributed by atoms with Crippen molar-refractivity contribution in [3.8, 4) is 0 Å². The first kappa shape index (κ1) is 16.1. The summed E-state index contributed by atoms with van der Waals surface area (Å²) in [5.41, 5.74) is 0.875. The van der Waals surface area contributed by atoms with Gasteiger partial charge in [0.1, 0.15) is 0 Å². The number of hydrogen-bond acceptors (Lipinski definition) is 5. The van der Waals surface area contributed by atoms with E-state index < -0.39 is 11.0 Å². The number of rotatable bonds is 4. The van der Waals surface area contributed by atoms with Gasteiger partial charge in [-0.3, -0.25) is 25.0 Å². The summed E-state index contributed by atoms with van der Waals surface area (Å²) in [6.45, 7) is 0.421. The van der Waals surface area contributed by atoms with Gasteiger partial charge in [0.25, 0.3) is 5.69 Å². The fourth-order valence-electron chi connectivity index (χ4n) is 1.86. The van der Waals surface area contributed by atoms with Crippen LogP contribution in [-0.4, -0.2) is 22.8 Å². The topological polar surface area (TPSA) is 101 Å². The second-order valence-electron chi connectivity index (χ2n) is 4.31. The molecule has 0 aromatic heterocycles. The number of nitro benzene ring substituents is 1. The predicted octanol–water partition coefficient (Wildman–Crippen LogP) is 0.911. The van der Waals surface area contributed by atoms with Gasteiger partial charge in [-0.2, -0.15) is 0 Å². The van der Waals surface area contributed by atoms with Crippen molar-refractivity contribution in [2.75, 3.05) is 0 Å². The zero-order valence-corrected chi connectivity index (χ0v) is 11.3. The van der Waals surface area contributed by atoms with E-state index in [2.05, 4.69) is 10.6 Å². The van der Waals surface area contributed by atoms with Gasteiger partial charge in [0.05, 0.1) is 11.0 Å². The molecule has 2 rings (SSSR count). The van der Waals surface area contributed by atoms with Crippen LogP contribution in [0, 0.1) is 10.1 Å². The number of benzene rings is 1. The van der Waals surface area contributed by atoms with E-state index in [-0.39, 0.29) is 29.9 Å². The van der Waals surface area contributed by atoms with Gasteiger partial charge in [-0.05, 0) is 12.0 Å². The van der Waals surface area contributed by atoms with Crippen LogP contribution in [-0.2, 0) is 16.1 Å². The van der Waals surface area contributed by atoms with Crippen molar-refractivity contribution in [1.82, 2.24) is 10.6 Å². The summed E-state index contributed by atoms with van der Waals surface area (Å²) in [6.07, 6.45) is 0.793. The average molecular weight is 300 g/mol. The Morgan fingerprint density at radius 2 is 1.95 bits per heavy atom. The number of nitrogens with zero attached hydrogens (tertiary/aromatic N) is 1. The molecule has 0 radical (unpaired) electrons. The number of nitrogens with one attached hydrogen (secondary N) is 2. The number of nitro groups is 1. The summed E-state index contributed by atoms with van der Waals surface area (Å²) >= 11 is 0. The Bertz CT molecular complexity index is 518. The number of hydrogen-bond donors (Lipinski definition) is 2. The lowest BCUT2D eigenvalue weighted by molar-refractivity contribution is -0.384. The minimum Gasteiger partial charge on any atom is -0.302 e. The summed E-state index contributed by atoms with van der Waals surface area (Å²) in [6, 6.07) is 5.71. The van der Waals surface area contributed by atoms with E-state index in [1.165, 1.54) is 12.1 Å². The highest BCUT2D eigenvalue weighted by Crippen LogP contribution is 2.12. The van der Waals surface area contributed by atoms with Gasteiger partial charge in [-0.1, -0.05) is 12.1 Å². The molecule has 1 aromatic rings. The number of non-ortho nitro benzene ring substituents is 1. The van der Waals surface area contributed by atoms with Crippen LogP contribution in [0.4, 0.5) is 5.69 Å². The van der Waals surface area contributed by atoms with Gasteiger partial charge in [0, 0.05) is 25.1 Å². The van der Waals surface area contributed by atoms with E-state index in [1.807, 2.05) is 0 Å². The van der Waals surface area contributed by atoms with E-state index in [1.54, 1.807) is 12.1 Å². The van der Waals surface area contributed by atoms with Crippen LogP contribution >= 0.6 is 12.4 Å². The first-order valence-corrected chi connectivity index (χ1v) is 5.86. The molecule has 1 heterocycles. The molecule has 20 heavy (non-hydrogen) atoms. The van der Waals surface area contributed by atoms with E-state index >= 15 is 0 Å². The van der Waals surface area contributed by atoms with Crippen LogP contribution in [0.3, 0.4) is 0 Å². The Hall–Kier alpha value is -1.99. The molecule has 0 bridgehead atoms. The fraction of sp³-hybridized carbons (Fsp3) is 0.333. The van der Waals surface area contributed by atoms with Gasteiger partial charge in [-0.25, -0.2) is 0 Å². The van der Waals surface area contributed by atoms with Crippen molar-refractivity contribution in [3.63, 3.8) is 0 Å². The maximum atomic E-state index is 11.5. The monoisotopic (exact) mass is 299 g/mol. The molecule has 0 spiro atoms. The van der Waals surface area contributed by atoms with Crippen molar-refractivity contribution >= 4 is 29.9 Å². The number of amides is 2. The lowest BCUT2D eigenvalue weighted by atomic mass is 10.1. The van der Waals surface area contributed by atoms with Crippen LogP contribution in [0.15, 0.2) is 24.3 Å². The van der Waals surface area contributed by atoms with Gasteiger partial charge in [0.2, 0.25) is 11.8 Å². The summed E-state index contributed by atoms with van der Waals surface area (Å²) < 4.78 is 0. The molecule has 1 unspecified atom stereocenters. The van der Waals surface area contributed by atoms with Crippen molar-refractivity contribution in [3.05, 3.63) is 39.9 Å². The van der Waals surface area contributed by atoms with E-state index in [4.69, 9.17) is 0 Å². The van der Waals surface area contributed by atoms with Crippen LogP contribution in [0.5, 0.6) is 0 Å². The number of carbonyl (C=O) groups is 2. The standard InChI is InChI=1S/C12H13N3O4.ClH/c16-11-6-5-10(12(17)14-11)13-7-8-1-3-9(4-2-8)15(18)19;/h1-4,10,13H,5-7H2,(H,14,16,17);1H. The highest BCUT2D eigenvalue weighted by atomic mass is 35.5. The first-order valence-electron chi connectivity index (χ1n) is 5.86. The predicted molar refractivity (Wildman–Crippen MR) is 73.4 cm³/mol. The molecular weight excluding hydrogens is 286 g/mol. The Morgan fingerprint density at radius 3 is 2.50 bits per heavy atom. The van der Waals surface area contributed by atoms with Gasteiger partial charge in [0.15, 0.2) is 0 Å². The molecule has 7 nitrogen and oxygen atoms in total. The SMILES string of the molecule is Cl.O=C1CCC(NCc2ccc([N+](=O)[O-])cc2)C(=O)N1. The minimum absolute atomic E-state index is 0. The largest absolute Gasteiger partial charge is 0.302 e. The lowest BCUT2D eigenvalue weighted by Gasteiger charge is -2.21. The Morgan fingerprint density at radius 1 is 1.30 bits per heavy atom. The molecule has 1 atom stereocenters. The summed E-state index contributed by atoms with van der Waals surface area (Å²) in [7, 11) is 0. The van der Waals surface area contributed by atoms with Crippen molar-refractivity contribution in [2.24, 2.45) is 0 Å². The van der Waals surface area contributed by atoms with Crippen molar-refractivity contribution in [2.45, 2.75) is 25.4 Å². The van der Waals surface area contributed by atoms with Gasteiger partial charge < -0.3 is 5.32 Å². The number of carbonyl (C=O) groups excluding carboxylic acids is 2. The highest BCUT2D eigenvalue weighted by molar-refractivity contribution is 6.00. The van der Waals surface area contributed by atoms with Gasteiger partial charge >= 0.3 is 0 Å². The molecule has 108 valence electrons. The molecule has 0 saturated carbocycles. The second-order valence-corrected chi connectivity index (χ2v) is 4.31. The highest BCUT2D eigenvalue weighted by Gasteiger charge is 2.25. The smallest absolute Gasteiger partial charge is 0.269 e. The zero-order valence-electron chi connectivity index (χ0n) is 10.5. The third kappa shape index (κ3) is 4.01. The van der Waals surface area contributed by atoms with Crippen LogP contribution < -0.4 is 10.6 Å². The van der Waals surface area contributed by atoms with Crippen LogP contribution in [0.1, 0.15) is 18.4 Å². The molecule has 1 fully saturated rings. The summed E-state index contributed by atoms with van der Waals surface area (Å²) in [5, 5.41) is 15.8. The maximum Gasteiger partial charge on any atom is 0.269 e. The number of imide groups is 1. The zero-order chi connectivity index (χ0) is 13.8. The third-order valence-electron chi connectivity index (χ3n) is 2.94. The van der Waals surface area contributed by atoms with Crippen LogP contribution in [0.25, 0.3) is 0 Å². The maximum absolute atomic E-state index is 11.5. The molecule has 0 aliphatic carbocycles. The van der Waals surface area contributed by atoms with E-state index in [0.29, 0.717) is 19.4 Å². The Kier molecular flexibility index (Phi) is 5.60. The molecule has 2 amide bonds. The van der Waals surface area contributed by atoms with Crippen molar-refractivity contribution in [1.29, 1.82) is 0 Å². The van der Waals surface area contributed by atoms with E-state index in [0.717, 1.165) is 5.56 Å². The molecule has 1 aromatic carbocycles. The third-order valence-corrected chi connectivity index (χ3v) is 2.94. The average Bonchev–Trinajstić information content (AvgIpc) is 2.38. The molecular formula is C12H14ClN3O4. The molecule has 1 aliphatic heterocycles. The first-order chi connectivity index (χ1) is 9.06. The number of piperidine rings is 1. The second kappa shape index (κ2) is 6.97. The Labute approximate surface area is 121 Å². The normalized spacial score (nSPS) is 18.1. The molecule has 8 heteroatoms. The Balaban J connectivity index is 0.00000200. The van der Waals surface area contributed by atoms with Crippen molar-refractivity contribution < 1.29 is 14.5 Å². The lowest BCUT2D eigenvalue weighted by Crippen LogP contribution is -2.50. The minimum atomic E-state index is -0.461. The van der Waals surface area contributed by atoms with E-state index in [9.17, 15) is 19.7 Å².